The van der Waals surface area contributed by atoms with Crippen LogP contribution in [-0.2, 0) is 6.54 Å². The van der Waals surface area contributed by atoms with Gasteiger partial charge in [-0.25, -0.2) is 0 Å². The molecule has 0 aliphatic rings. The summed E-state index contributed by atoms with van der Waals surface area (Å²) in [5.74, 6) is 0.934. The SMILES string of the molecule is COc1ccc(CN(C)CN)cc1C. The molecule has 14 heavy (non-hydrogen) atoms. The number of rotatable bonds is 4. The largest absolute Gasteiger partial charge is 0.496 e. The second-order valence-electron chi connectivity index (χ2n) is 3.50. The number of hydrogen-bond acceptors (Lipinski definition) is 3. The lowest BCUT2D eigenvalue weighted by atomic mass is 10.1. The summed E-state index contributed by atoms with van der Waals surface area (Å²) in [6, 6.07) is 6.19. The normalized spacial score (nSPS) is 10.6. The van der Waals surface area contributed by atoms with E-state index >= 15 is 0 Å². The van der Waals surface area contributed by atoms with Crippen LogP contribution in [-0.4, -0.2) is 25.7 Å². The van der Waals surface area contributed by atoms with Crippen LogP contribution in [0, 0.1) is 6.92 Å². The van der Waals surface area contributed by atoms with Crippen molar-refractivity contribution in [3.05, 3.63) is 29.3 Å². The minimum Gasteiger partial charge on any atom is -0.496 e. The molecule has 0 heterocycles. The van der Waals surface area contributed by atoms with Crippen molar-refractivity contribution in [2.75, 3.05) is 20.8 Å². The second-order valence-corrected chi connectivity index (χ2v) is 3.50. The highest BCUT2D eigenvalue weighted by atomic mass is 16.5. The van der Waals surface area contributed by atoms with E-state index in [-0.39, 0.29) is 0 Å². The molecular weight excluding hydrogens is 176 g/mol. The Labute approximate surface area is 85.5 Å². The van der Waals surface area contributed by atoms with E-state index in [9.17, 15) is 0 Å². The Hall–Kier alpha value is -1.06. The Balaban J connectivity index is 2.76. The molecular formula is C11H18N2O. The number of hydrogen-bond donors (Lipinski definition) is 1. The summed E-state index contributed by atoms with van der Waals surface area (Å²) in [5.41, 5.74) is 7.94. The molecule has 3 nitrogen and oxygen atoms in total. The van der Waals surface area contributed by atoms with Crippen molar-refractivity contribution in [3.63, 3.8) is 0 Å². The minimum atomic E-state index is 0.574. The Bertz CT molecular complexity index is 299. The lowest BCUT2D eigenvalue weighted by molar-refractivity contribution is 0.337. The number of nitrogens with two attached hydrogens (primary N) is 1. The van der Waals surface area contributed by atoms with Crippen LogP contribution in [0.25, 0.3) is 0 Å². The predicted octanol–water partition coefficient (Wildman–Crippen LogP) is 1.35. The van der Waals surface area contributed by atoms with E-state index in [1.165, 1.54) is 5.56 Å². The van der Waals surface area contributed by atoms with E-state index in [2.05, 4.69) is 17.0 Å². The fourth-order valence-corrected chi connectivity index (χ4v) is 1.42. The molecule has 0 bridgehead atoms. The van der Waals surface area contributed by atoms with Crippen LogP contribution in [0.4, 0.5) is 0 Å². The zero-order valence-corrected chi connectivity index (χ0v) is 9.08. The van der Waals surface area contributed by atoms with E-state index in [4.69, 9.17) is 10.5 Å². The van der Waals surface area contributed by atoms with E-state index in [0.717, 1.165) is 17.9 Å². The van der Waals surface area contributed by atoms with Crippen LogP contribution in [0.15, 0.2) is 18.2 Å². The zero-order chi connectivity index (χ0) is 10.6. The van der Waals surface area contributed by atoms with Crippen molar-refractivity contribution in [1.29, 1.82) is 0 Å². The van der Waals surface area contributed by atoms with Crippen molar-refractivity contribution >= 4 is 0 Å². The summed E-state index contributed by atoms with van der Waals surface area (Å²) in [7, 11) is 3.69. The van der Waals surface area contributed by atoms with Gasteiger partial charge >= 0.3 is 0 Å². The highest BCUT2D eigenvalue weighted by Gasteiger charge is 2.01. The van der Waals surface area contributed by atoms with Gasteiger partial charge in [0.15, 0.2) is 0 Å². The zero-order valence-electron chi connectivity index (χ0n) is 9.08. The summed E-state index contributed by atoms with van der Waals surface area (Å²) < 4.78 is 5.19. The monoisotopic (exact) mass is 194 g/mol. The first kappa shape index (κ1) is 11.0. The minimum absolute atomic E-state index is 0.574. The van der Waals surface area contributed by atoms with Crippen LogP contribution in [0.2, 0.25) is 0 Å². The highest BCUT2D eigenvalue weighted by molar-refractivity contribution is 5.36. The molecule has 1 aromatic rings. The van der Waals surface area contributed by atoms with E-state index in [0.29, 0.717) is 6.67 Å². The Morgan fingerprint density at radius 2 is 2.14 bits per heavy atom. The van der Waals surface area contributed by atoms with Crippen LogP contribution in [0.1, 0.15) is 11.1 Å². The lowest BCUT2D eigenvalue weighted by Gasteiger charge is -2.14. The van der Waals surface area contributed by atoms with Gasteiger partial charge < -0.3 is 10.5 Å². The van der Waals surface area contributed by atoms with Crippen molar-refractivity contribution in [2.45, 2.75) is 13.5 Å². The number of aryl methyl sites for hydroxylation is 1. The first-order valence-electron chi connectivity index (χ1n) is 4.69. The number of benzene rings is 1. The summed E-state index contributed by atoms with van der Waals surface area (Å²) in [5, 5.41) is 0. The second kappa shape index (κ2) is 4.98. The molecule has 0 amide bonds. The molecule has 0 aromatic heterocycles. The third-order valence-corrected chi connectivity index (χ3v) is 2.22. The van der Waals surface area contributed by atoms with Gasteiger partial charge in [0, 0.05) is 13.2 Å². The Kier molecular flexibility index (Phi) is 3.92. The molecule has 0 saturated carbocycles. The van der Waals surface area contributed by atoms with Gasteiger partial charge in [-0.2, -0.15) is 0 Å². The Morgan fingerprint density at radius 1 is 1.43 bits per heavy atom. The van der Waals surface area contributed by atoms with E-state index < -0.39 is 0 Å². The highest BCUT2D eigenvalue weighted by Crippen LogP contribution is 2.18. The third kappa shape index (κ3) is 2.72. The van der Waals surface area contributed by atoms with Gasteiger partial charge in [0.1, 0.15) is 5.75 Å². The molecule has 0 radical (unpaired) electrons. The maximum atomic E-state index is 5.52. The van der Waals surface area contributed by atoms with Gasteiger partial charge in [0.25, 0.3) is 0 Å². The molecule has 1 rings (SSSR count). The smallest absolute Gasteiger partial charge is 0.121 e. The van der Waals surface area contributed by atoms with E-state index in [1.807, 2.05) is 20.0 Å². The number of ether oxygens (including phenoxy) is 1. The van der Waals surface area contributed by atoms with Crippen LogP contribution < -0.4 is 10.5 Å². The van der Waals surface area contributed by atoms with Crippen LogP contribution in [0.3, 0.4) is 0 Å². The topological polar surface area (TPSA) is 38.5 Å². The summed E-state index contributed by atoms with van der Waals surface area (Å²) in [6.45, 7) is 3.50. The molecule has 78 valence electrons. The summed E-state index contributed by atoms with van der Waals surface area (Å²) in [4.78, 5) is 2.06. The van der Waals surface area contributed by atoms with Crippen LogP contribution in [0.5, 0.6) is 5.75 Å². The number of methoxy groups -OCH3 is 1. The van der Waals surface area contributed by atoms with Gasteiger partial charge in [-0.15, -0.1) is 0 Å². The quantitative estimate of drug-likeness (QED) is 0.735. The maximum Gasteiger partial charge on any atom is 0.121 e. The van der Waals surface area contributed by atoms with Gasteiger partial charge in [-0.1, -0.05) is 12.1 Å². The van der Waals surface area contributed by atoms with Gasteiger partial charge in [-0.05, 0) is 31.2 Å². The van der Waals surface area contributed by atoms with Gasteiger partial charge in [0.05, 0.1) is 7.11 Å². The first-order valence-corrected chi connectivity index (χ1v) is 4.69. The van der Waals surface area contributed by atoms with Gasteiger partial charge in [0.2, 0.25) is 0 Å². The standard InChI is InChI=1S/C11H18N2O/c1-9-6-10(7-13(2)8-12)4-5-11(9)14-3/h4-6H,7-8,12H2,1-3H3. The fraction of sp³-hybridized carbons (Fsp3) is 0.455. The lowest BCUT2D eigenvalue weighted by Crippen LogP contribution is -2.24. The third-order valence-electron chi connectivity index (χ3n) is 2.22. The molecule has 0 unspecified atom stereocenters. The predicted molar refractivity (Wildman–Crippen MR) is 58.3 cm³/mol. The van der Waals surface area contributed by atoms with Crippen LogP contribution >= 0.6 is 0 Å². The first-order chi connectivity index (χ1) is 6.67. The maximum absolute atomic E-state index is 5.52. The molecule has 0 fully saturated rings. The average molecular weight is 194 g/mol. The van der Waals surface area contributed by atoms with Crippen molar-refractivity contribution in [2.24, 2.45) is 5.73 Å². The molecule has 0 atom stereocenters. The molecule has 0 spiro atoms. The van der Waals surface area contributed by atoms with Crippen molar-refractivity contribution < 1.29 is 4.74 Å². The number of nitrogens with zero attached hydrogens (tertiary/aromatic N) is 1. The molecule has 0 aliphatic heterocycles. The van der Waals surface area contributed by atoms with E-state index in [1.54, 1.807) is 7.11 Å². The molecule has 0 aliphatic carbocycles. The Morgan fingerprint density at radius 3 is 2.64 bits per heavy atom. The average Bonchev–Trinajstić information content (AvgIpc) is 2.18. The summed E-state index contributed by atoms with van der Waals surface area (Å²) >= 11 is 0. The molecule has 2 N–H and O–H groups in total. The van der Waals surface area contributed by atoms with Crippen molar-refractivity contribution in [1.82, 2.24) is 4.90 Å². The summed E-state index contributed by atoms with van der Waals surface area (Å²) in [6.07, 6.45) is 0. The molecule has 3 heteroatoms. The van der Waals surface area contributed by atoms with Crippen molar-refractivity contribution in [3.8, 4) is 5.75 Å². The molecule has 0 saturated heterocycles. The fourth-order valence-electron chi connectivity index (χ4n) is 1.42. The van der Waals surface area contributed by atoms with Gasteiger partial charge in [-0.3, -0.25) is 4.90 Å². The molecule has 1 aromatic carbocycles.